The third-order valence-corrected chi connectivity index (χ3v) is 12.4. The van der Waals surface area contributed by atoms with Gasteiger partial charge in [0.05, 0.1) is 25.4 Å². The number of fused-ring (bicyclic) bond motifs is 7. The fraction of sp³-hybridized carbons (Fsp3) is 0.939. The molecule has 4 saturated carbocycles. The minimum Gasteiger partial charge on any atom is -0.347 e. The van der Waals surface area contributed by atoms with Crippen LogP contribution in [0.4, 0.5) is 0 Å². The molecular weight excluding hydrogens is 460 g/mol. The Hall–Kier alpha value is -0.420. The number of allylic oxidation sites excluding steroid dienone is 2. The van der Waals surface area contributed by atoms with Crippen LogP contribution in [0.5, 0.6) is 0 Å². The van der Waals surface area contributed by atoms with Gasteiger partial charge in [-0.1, -0.05) is 52.7 Å². The molecule has 4 aliphatic carbocycles. The van der Waals surface area contributed by atoms with Crippen molar-refractivity contribution < 1.29 is 18.9 Å². The fourth-order valence-electron chi connectivity index (χ4n) is 10.8. The largest absolute Gasteiger partial charge is 0.347 e. The van der Waals surface area contributed by atoms with Gasteiger partial charge in [-0.2, -0.15) is 0 Å². The van der Waals surface area contributed by atoms with Crippen LogP contribution in [0.3, 0.4) is 0 Å². The SMILES string of the molecule is CCCC(C)C/C=C/C[C@H]1CCC2C3CC4(OCCO4)C4C[C@@H]5OC(C)(C)O[C@@H]5CC4(C)C3CCC21C. The second-order valence-electron chi connectivity index (χ2n) is 15.0. The van der Waals surface area contributed by atoms with E-state index in [9.17, 15) is 0 Å². The molecule has 2 saturated heterocycles. The van der Waals surface area contributed by atoms with Crippen LogP contribution in [-0.4, -0.2) is 37.0 Å². The molecule has 0 radical (unpaired) electrons. The van der Waals surface area contributed by atoms with Gasteiger partial charge in [-0.15, -0.1) is 0 Å². The Morgan fingerprint density at radius 3 is 2.35 bits per heavy atom. The molecule has 1 spiro atoms. The lowest BCUT2D eigenvalue weighted by atomic mass is 9.43. The number of hydrogen-bond acceptors (Lipinski definition) is 4. The van der Waals surface area contributed by atoms with E-state index in [0.717, 1.165) is 56.1 Å². The minimum atomic E-state index is -0.477. The van der Waals surface area contributed by atoms with Crippen LogP contribution >= 0.6 is 0 Å². The highest BCUT2D eigenvalue weighted by atomic mass is 16.8. The Labute approximate surface area is 226 Å². The summed E-state index contributed by atoms with van der Waals surface area (Å²) in [5.41, 5.74) is 0.642. The van der Waals surface area contributed by atoms with E-state index in [2.05, 4.69) is 53.7 Å². The first kappa shape index (κ1) is 26.8. The zero-order valence-electron chi connectivity index (χ0n) is 24.6. The molecule has 210 valence electrons. The lowest BCUT2D eigenvalue weighted by molar-refractivity contribution is -0.300. The van der Waals surface area contributed by atoms with Gasteiger partial charge in [0.15, 0.2) is 11.6 Å². The molecule has 0 amide bonds. The number of hydrogen-bond donors (Lipinski definition) is 0. The van der Waals surface area contributed by atoms with Gasteiger partial charge >= 0.3 is 0 Å². The molecule has 2 aliphatic heterocycles. The molecule has 0 N–H and O–H groups in total. The molecule has 0 aromatic rings. The summed E-state index contributed by atoms with van der Waals surface area (Å²) in [6.07, 6.45) is 19.3. The van der Waals surface area contributed by atoms with E-state index in [-0.39, 0.29) is 17.6 Å². The maximum atomic E-state index is 6.67. The van der Waals surface area contributed by atoms with E-state index in [1.54, 1.807) is 0 Å². The van der Waals surface area contributed by atoms with E-state index < -0.39 is 11.6 Å². The predicted octanol–water partition coefficient (Wildman–Crippen LogP) is 7.90. The van der Waals surface area contributed by atoms with E-state index in [4.69, 9.17) is 18.9 Å². The summed E-state index contributed by atoms with van der Waals surface area (Å²) in [6, 6.07) is 0. The highest BCUT2D eigenvalue weighted by molar-refractivity contribution is 5.16. The van der Waals surface area contributed by atoms with Gasteiger partial charge in [0, 0.05) is 12.3 Å². The van der Waals surface area contributed by atoms with Gasteiger partial charge in [-0.05, 0) is 106 Å². The molecule has 37 heavy (non-hydrogen) atoms. The van der Waals surface area contributed by atoms with E-state index >= 15 is 0 Å². The summed E-state index contributed by atoms with van der Waals surface area (Å²) in [5, 5.41) is 0. The number of ether oxygens (including phenoxy) is 4. The van der Waals surface area contributed by atoms with Crippen molar-refractivity contribution in [2.45, 2.75) is 136 Å². The lowest BCUT2D eigenvalue weighted by Crippen LogP contribution is -2.65. The highest BCUT2D eigenvalue weighted by Crippen LogP contribution is 2.71. The van der Waals surface area contributed by atoms with Crippen LogP contribution in [0.1, 0.15) is 112 Å². The summed E-state index contributed by atoms with van der Waals surface area (Å²) in [5.74, 6) is 3.38. The Bertz CT molecular complexity index is 860. The molecule has 4 heteroatoms. The van der Waals surface area contributed by atoms with Crippen molar-refractivity contribution in [1.82, 2.24) is 0 Å². The molecule has 0 aromatic heterocycles. The standard InChI is InChI=1S/C33H54O4/c1-7-10-22(2)11-8-9-12-23-13-14-25-24-20-33(34-17-18-35-33)29-19-27-28(37-30(3,4)36-27)21-32(29,6)26(24)15-16-31(23,25)5/h8-9,22-29H,7,10-21H2,1-6H3/b9-8+/t22?,23-,24?,25?,26?,27-,28+,29?,31?,32?/m0/s1. The molecule has 2 heterocycles. The minimum absolute atomic E-state index is 0.172. The van der Waals surface area contributed by atoms with Crippen LogP contribution in [0.2, 0.25) is 0 Å². The zero-order valence-corrected chi connectivity index (χ0v) is 24.6. The average molecular weight is 515 g/mol. The fourth-order valence-corrected chi connectivity index (χ4v) is 10.8. The summed E-state index contributed by atoms with van der Waals surface area (Å²) in [6.45, 7) is 15.6. The molecule has 0 bridgehead atoms. The van der Waals surface area contributed by atoms with Crippen molar-refractivity contribution in [3.63, 3.8) is 0 Å². The quantitative estimate of drug-likeness (QED) is 0.338. The Morgan fingerprint density at radius 2 is 1.59 bits per heavy atom. The number of rotatable bonds is 6. The Morgan fingerprint density at radius 1 is 0.865 bits per heavy atom. The molecule has 6 rings (SSSR count). The van der Waals surface area contributed by atoms with Gasteiger partial charge in [-0.3, -0.25) is 0 Å². The first-order valence-corrected chi connectivity index (χ1v) is 15.9. The topological polar surface area (TPSA) is 36.9 Å². The van der Waals surface area contributed by atoms with Gasteiger partial charge in [0.2, 0.25) is 0 Å². The van der Waals surface area contributed by atoms with Crippen LogP contribution in [0, 0.1) is 46.3 Å². The molecule has 4 nitrogen and oxygen atoms in total. The van der Waals surface area contributed by atoms with Crippen LogP contribution in [-0.2, 0) is 18.9 Å². The zero-order chi connectivity index (χ0) is 26.1. The van der Waals surface area contributed by atoms with E-state index in [0.29, 0.717) is 17.3 Å². The molecule has 6 fully saturated rings. The van der Waals surface area contributed by atoms with Crippen molar-refractivity contribution in [3.8, 4) is 0 Å². The van der Waals surface area contributed by atoms with E-state index in [1.807, 2.05) is 0 Å². The van der Waals surface area contributed by atoms with Crippen molar-refractivity contribution in [3.05, 3.63) is 12.2 Å². The van der Waals surface area contributed by atoms with E-state index in [1.165, 1.54) is 51.4 Å². The monoisotopic (exact) mass is 514 g/mol. The maximum absolute atomic E-state index is 6.67. The molecular formula is C33H54O4. The van der Waals surface area contributed by atoms with Gasteiger partial charge < -0.3 is 18.9 Å². The maximum Gasteiger partial charge on any atom is 0.172 e. The predicted molar refractivity (Wildman–Crippen MR) is 147 cm³/mol. The van der Waals surface area contributed by atoms with Gasteiger partial charge in [0.1, 0.15) is 0 Å². The third-order valence-electron chi connectivity index (χ3n) is 12.4. The first-order chi connectivity index (χ1) is 17.6. The molecule has 0 aromatic carbocycles. The summed E-state index contributed by atoms with van der Waals surface area (Å²) in [4.78, 5) is 0. The summed E-state index contributed by atoms with van der Waals surface area (Å²) >= 11 is 0. The van der Waals surface area contributed by atoms with Crippen LogP contribution < -0.4 is 0 Å². The molecule has 7 unspecified atom stereocenters. The Balaban J connectivity index is 1.23. The average Bonchev–Trinajstić information content (AvgIpc) is 3.50. The van der Waals surface area contributed by atoms with Crippen LogP contribution in [0.25, 0.3) is 0 Å². The summed E-state index contributed by atoms with van der Waals surface area (Å²) < 4.78 is 26.2. The smallest absolute Gasteiger partial charge is 0.172 e. The normalized spacial score (nSPS) is 48.5. The second kappa shape index (κ2) is 9.60. The van der Waals surface area contributed by atoms with Crippen LogP contribution in [0.15, 0.2) is 12.2 Å². The summed E-state index contributed by atoms with van der Waals surface area (Å²) in [7, 11) is 0. The third kappa shape index (κ3) is 4.39. The first-order valence-electron chi connectivity index (χ1n) is 15.9. The van der Waals surface area contributed by atoms with Crippen molar-refractivity contribution in [2.75, 3.05) is 13.2 Å². The van der Waals surface area contributed by atoms with Crippen molar-refractivity contribution in [1.29, 1.82) is 0 Å². The van der Waals surface area contributed by atoms with Crippen molar-refractivity contribution >= 4 is 0 Å². The molecule has 6 aliphatic rings. The van der Waals surface area contributed by atoms with Crippen molar-refractivity contribution in [2.24, 2.45) is 46.3 Å². The highest BCUT2D eigenvalue weighted by Gasteiger charge is 2.69. The van der Waals surface area contributed by atoms with Gasteiger partial charge in [0.25, 0.3) is 0 Å². The van der Waals surface area contributed by atoms with Gasteiger partial charge in [-0.25, -0.2) is 0 Å². The lowest BCUT2D eigenvalue weighted by Gasteiger charge is -2.65. The molecule has 10 atom stereocenters. The Kier molecular flexibility index (Phi) is 6.95. The second-order valence-corrected chi connectivity index (χ2v) is 15.0.